The molecule has 0 radical (unpaired) electrons. The van der Waals surface area contributed by atoms with Gasteiger partial charge in [0.1, 0.15) is 5.82 Å². The van der Waals surface area contributed by atoms with Crippen molar-refractivity contribution in [1.29, 1.82) is 0 Å². The normalized spacial score (nSPS) is 18.9. The SMILES string of the molecule is CCc1cc(CN2CC3(C2)CN(S(C)(=O)=O)C3)c(F)cc1-c1ccc(C(O)(C(F)(F)F)C(F)(F)F)cc1Cl. The number of nitrogens with zero attached hydrogens (tertiary/aromatic N) is 2. The van der Waals surface area contributed by atoms with E-state index in [0.29, 0.717) is 55.9 Å². The Morgan fingerprint density at radius 1 is 0.947 bits per heavy atom. The van der Waals surface area contributed by atoms with Crippen LogP contribution < -0.4 is 0 Å². The molecule has 0 aromatic heterocycles. The first-order valence-electron chi connectivity index (χ1n) is 11.5. The Hall–Kier alpha value is -1.93. The van der Waals surface area contributed by atoms with E-state index in [4.69, 9.17) is 11.6 Å². The van der Waals surface area contributed by atoms with E-state index in [-0.39, 0.29) is 23.1 Å². The van der Waals surface area contributed by atoms with Crippen molar-refractivity contribution < 1.29 is 44.3 Å². The highest BCUT2D eigenvalue weighted by molar-refractivity contribution is 7.88. The molecule has 2 saturated heterocycles. The number of benzene rings is 2. The molecule has 2 aromatic carbocycles. The van der Waals surface area contributed by atoms with Crippen molar-refractivity contribution >= 4 is 21.6 Å². The van der Waals surface area contributed by atoms with E-state index in [9.17, 15) is 39.9 Å². The summed E-state index contributed by atoms with van der Waals surface area (Å²) in [5.74, 6) is -0.633. The van der Waals surface area contributed by atoms with Crippen molar-refractivity contribution in [2.75, 3.05) is 32.4 Å². The highest BCUT2D eigenvalue weighted by Crippen LogP contribution is 2.51. The van der Waals surface area contributed by atoms with Crippen LogP contribution in [0.4, 0.5) is 30.7 Å². The zero-order valence-electron chi connectivity index (χ0n) is 20.2. The first-order chi connectivity index (χ1) is 17.3. The predicted molar refractivity (Wildman–Crippen MR) is 126 cm³/mol. The summed E-state index contributed by atoms with van der Waals surface area (Å²) in [6.45, 7) is 4.01. The van der Waals surface area contributed by atoms with Gasteiger partial charge in [-0.15, -0.1) is 0 Å². The Bertz CT molecular complexity index is 1330. The van der Waals surface area contributed by atoms with Gasteiger partial charge in [-0.1, -0.05) is 36.7 Å². The molecular formula is C24H24ClF7N2O3S. The summed E-state index contributed by atoms with van der Waals surface area (Å²) >= 11 is 6.08. The van der Waals surface area contributed by atoms with Crippen LogP contribution in [0.5, 0.6) is 0 Å². The summed E-state index contributed by atoms with van der Waals surface area (Å²) in [6, 6.07) is 4.48. The average Bonchev–Trinajstić information content (AvgIpc) is 2.72. The Morgan fingerprint density at radius 2 is 1.53 bits per heavy atom. The number of hydrogen-bond acceptors (Lipinski definition) is 4. The molecule has 0 saturated carbocycles. The van der Waals surface area contributed by atoms with Gasteiger partial charge in [0.25, 0.3) is 5.60 Å². The number of likely N-dealkylation sites (tertiary alicyclic amines) is 1. The molecule has 4 rings (SSSR count). The lowest BCUT2D eigenvalue weighted by atomic mass is 9.74. The van der Waals surface area contributed by atoms with Crippen molar-refractivity contribution in [1.82, 2.24) is 9.21 Å². The van der Waals surface area contributed by atoms with Gasteiger partial charge in [-0.05, 0) is 29.7 Å². The standard InChI is InChI=1S/C24H24ClF7N2O3S/c1-3-14-6-15(9-33-10-21(11-33)12-34(13-21)38(2,36)37)20(26)8-18(14)17-5-4-16(7-19(17)25)22(35,23(27,28)29)24(30,31)32/h4-8,35H,3,9-13H2,1-2H3. The van der Waals surface area contributed by atoms with Gasteiger partial charge in [0.2, 0.25) is 10.0 Å². The molecule has 0 unspecified atom stereocenters. The van der Waals surface area contributed by atoms with Crippen LogP contribution in [0.15, 0.2) is 30.3 Å². The van der Waals surface area contributed by atoms with E-state index >= 15 is 4.39 Å². The summed E-state index contributed by atoms with van der Waals surface area (Å²) in [5, 5.41) is 9.13. The molecule has 2 heterocycles. The van der Waals surface area contributed by atoms with Crippen molar-refractivity contribution in [3.63, 3.8) is 0 Å². The van der Waals surface area contributed by atoms with E-state index in [1.54, 1.807) is 13.0 Å². The summed E-state index contributed by atoms with van der Waals surface area (Å²) < 4.78 is 119. The Kier molecular flexibility index (Phi) is 7.13. The smallest absolute Gasteiger partial charge is 0.369 e. The molecule has 2 fully saturated rings. The van der Waals surface area contributed by atoms with Gasteiger partial charge >= 0.3 is 12.4 Å². The second-order valence-corrected chi connectivity index (χ2v) is 12.4. The lowest BCUT2D eigenvalue weighted by molar-refractivity contribution is -0.376. The summed E-state index contributed by atoms with van der Waals surface area (Å²) in [7, 11) is -3.25. The highest BCUT2D eigenvalue weighted by atomic mass is 35.5. The minimum Gasteiger partial charge on any atom is -0.369 e. The van der Waals surface area contributed by atoms with Crippen LogP contribution >= 0.6 is 11.6 Å². The lowest BCUT2D eigenvalue weighted by Crippen LogP contribution is -2.72. The van der Waals surface area contributed by atoms with Crippen LogP contribution in [0.1, 0.15) is 23.6 Å². The van der Waals surface area contributed by atoms with Crippen LogP contribution in [0.3, 0.4) is 0 Å². The fraction of sp³-hybridized carbons (Fsp3) is 0.500. The third kappa shape index (κ3) is 4.91. The number of hydrogen-bond donors (Lipinski definition) is 1. The van der Waals surface area contributed by atoms with Gasteiger partial charge in [-0.3, -0.25) is 4.90 Å². The zero-order valence-corrected chi connectivity index (χ0v) is 21.8. The molecule has 210 valence electrons. The Labute approximate surface area is 219 Å². The van der Waals surface area contributed by atoms with E-state index in [2.05, 4.69) is 0 Å². The molecule has 0 atom stereocenters. The number of alkyl halides is 6. The molecule has 14 heteroatoms. The van der Waals surface area contributed by atoms with Crippen LogP contribution in [0.25, 0.3) is 11.1 Å². The number of rotatable bonds is 6. The molecule has 2 aromatic rings. The fourth-order valence-electron chi connectivity index (χ4n) is 5.17. The molecule has 2 aliphatic heterocycles. The largest absolute Gasteiger partial charge is 0.430 e. The zero-order chi connectivity index (χ0) is 28.5. The van der Waals surface area contributed by atoms with Gasteiger partial charge in [0.15, 0.2) is 0 Å². The van der Waals surface area contributed by atoms with E-state index in [1.807, 2.05) is 4.90 Å². The van der Waals surface area contributed by atoms with Crippen LogP contribution in [0.2, 0.25) is 5.02 Å². The Balaban J connectivity index is 1.57. The van der Waals surface area contributed by atoms with Crippen LogP contribution in [0, 0.1) is 11.2 Å². The van der Waals surface area contributed by atoms with Crippen molar-refractivity contribution in [3.8, 4) is 11.1 Å². The third-order valence-corrected chi connectivity index (χ3v) is 8.66. The van der Waals surface area contributed by atoms with E-state index in [1.165, 1.54) is 4.31 Å². The molecule has 5 nitrogen and oxygen atoms in total. The molecule has 1 N–H and O–H groups in total. The van der Waals surface area contributed by atoms with Gasteiger partial charge < -0.3 is 5.11 Å². The van der Waals surface area contributed by atoms with Crippen LogP contribution in [-0.2, 0) is 28.6 Å². The van der Waals surface area contributed by atoms with E-state index in [0.717, 1.165) is 18.4 Å². The monoisotopic (exact) mass is 588 g/mol. The van der Waals surface area contributed by atoms with Crippen molar-refractivity contribution in [2.45, 2.75) is 37.8 Å². The van der Waals surface area contributed by atoms with E-state index < -0.39 is 44.4 Å². The second kappa shape index (κ2) is 9.33. The third-order valence-electron chi connectivity index (χ3n) is 7.16. The highest BCUT2D eigenvalue weighted by Gasteiger charge is 2.71. The predicted octanol–water partition coefficient (Wildman–Crippen LogP) is 5.10. The molecule has 0 amide bonds. The minimum absolute atomic E-state index is 0.0163. The number of aliphatic hydroxyl groups is 1. The summed E-state index contributed by atoms with van der Waals surface area (Å²) in [6.07, 6.45) is -10.6. The summed E-state index contributed by atoms with van der Waals surface area (Å²) in [5.41, 5.74) is -5.64. The maximum atomic E-state index is 15.1. The molecular weight excluding hydrogens is 565 g/mol. The van der Waals surface area contributed by atoms with Crippen LogP contribution in [-0.4, -0.2) is 67.5 Å². The molecule has 0 aliphatic carbocycles. The van der Waals surface area contributed by atoms with Gasteiger partial charge in [0.05, 0.1) is 6.26 Å². The molecule has 1 spiro atoms. The van der Waals surface area contributed by atoms with Gasteiger partial charge in [-0.25, -0.2) is 17.1 Å². The first kappa shape index (κ1) is 29.1. The summed E-state index contributed by atoms with van der Waals surface area (Å²) in [4.78, 5) is 1.97. The quantitative estimate of drug-likeness (QED) is 0.477. The van der Waals surface area contributed by atoms with Gasteiger partial charge in [0, 0.05) is 59.9 Å². The molecule has 38 heavy (non-hydrogen) atoms. The Morgan fingerprint density at radius 3 is 2.00 bits per heavy atom. The maximum Gasteiger partial charge on any atom is 0.430 e. The topological polar surface area (TPSA) is 60.9 Å². The molecule has 0 bridgehead atoms. The lowest BCUT2D eigenvalue weighted by Gasteiger charge is -2.59. The fourth-order valence-corrected chi connectivity index (χ4v) is 6.47. The van der Waals surface area contributed by atoms with Crippen molar-refractivity contribution in [2.24, 2.45) is 5.41 Å². The second-order valence-electron chi connectivity index (χ2n) is 10.0. The van der Waals surface area contributed by atoms with Gasteiger partial charge in [-0.2, -0.15) is 26.3 Å². The number of aryl methyl sites for hydroxylation is 1. The average molecular weight is 589 g/mol. The molecule has 2 aliphatic rings. The minimum atomic E-state index is -6.06. The number of sulfonamides is 1. The number of halogens is 8. The first-order valence-corrected chi connectivity index (χ1v) is 13.7. The maximum absolute atomic E-state index is 15.1. The van der Waals surface area contributed by atoms with Crippen molar-refractivity contribution in [3.05, 3.63) is 57.9 Å².